The van der Waals surface area contributed by atoms with E-state index < -0.39 is 0 Å². The SMILES string of the molecule is CC(C)(C)c1ccc(CN2CCCC2CBr)cc1. The van der Waals surface area contributed by atoms with Crippen molar-refractivity contribution in [3.63, 3.8) is 0 Å². The minimum absolute atomic E-state index is 0.255. The summed E-state index contributed by atoms with van der Waals surface area (Å²) in [6.45, 7) is 9.15. The second-order valence-corrected chi connectivity index (χ2v) is 7.02. The summed E-state index contributed by atoms with van der Waals surface area (Å²) < 4.78 is 0. The molecule has 0 spiro atoms. The third kappa shape index (κ3) is 3.36. The molecule has 1 saturated heterocycles. The molecule has 1 atom stereocenters. The van der Waals surface area contributed by atoms with Gasteiger partial charge in [0, 0.05) is 17.9 Å². The summed E-state index contributed by atoms with van der Waals surface area (Å²) in [4.78, 5) is 2.60. The van der Waals surface area contributed by atoms with Crippen LogP contribution in [0.5, 0.6) is 0 Å². The Morgan fingerprint density at radius 3 is 2.44 bits per heavy atom. The normalized spacial score (nSPS) is 21.4. The average Bonchev–Trinajstić information content (AvgIpc) is 2.76. The van der Waals surface area contributed by atoms with Crippen LogP contribution in [-0.2, 0) is 12.0 Å². The summed E-state index contributed by atoms with van der Waals surface area (Å²) in [5.41, 5.74) is 3.12. The molecule has 1 unspecified atom stereocenters. The highest BCUT2D eigenvalue weighted by molar-refractivity contribution is 9.09. The number of hydrogen-bond acceptors (Lipinski definition) is 1. The first-order chi connectivity index (χ1) is 8.50. The predicted octanol–water partition coefficient (Wildman–Crippen LogP) is 4.34. The highest BCUT2D eigenvalue weighted by atomic mass is 79.9. The molecule has 1 aromatic rings. The summed E-state index contributed by atoms with van der Waals surface area (Å²) in [6.07, 6.45) is 2.68. The number of hydrogen-bond donors (Lipinski definition) is 0. The van der Waals surface area contributed by atoms with Crippen LogP contribution in [0.1, 0.15) is 44.7 Å². The Morgan fingerprint density at radius 2 is 1.89 bits per heavy atom. The Kier molecular flexibility index (Phi) is 4.50. The van der Waals surface area contributed by atoms with Crippen LogP contribution in [-0.4, -0.2) is 22.8 Å². The van der Waals surface area contributed by atoms with Crippen molar-refractivity contribution in [1.82, 2.24) is 4.90 Å². The van der Waals surface area contributed by atoms with Crippen LogP contribution >= 0.6 is 15.9 Å². The molecule has 0 bridgehead atoms. The third-order valence-electron chi connectivity index (χ3n) is 3.88. The van der Waals surface area contributed by atoms with E-state index in [0.29, 0.717) is 0 Å². The van der Waals surface area contributed by atoms with Crippen molar-refractivity contribution in [2.45, 2.75) is 51.6 Å². The van der Waals surface area contributed by atoms with E-state index in [1.54, 1.807) is 0 Å². The molecule has 1 nitrogen and oxygen atoms in total. The molecule has 0 amide bonds. The summed E-state index contributed by atoms with van der Waals surface area (Å²) in [7, 11) is 0. The largest absolute Gasteiger partial charge is 0.295 e. The lowest BCUT2D eigenvalue weighted by Gasteiger charge is -2.24. The van der Waals surface area contributed by atoms with Crippen LogP contribution in [0, 0.1) is 0 Å². The molecule has 0 radical (unpaired) electrons. The molecule has 1 aromatic carbocycles. The fraction of sp³-hybridized carbons (Fsp3) is 0.625. The maximum atomic E-state index is 3.63. The summed E-state index contributed by atoms with van der Waals surface area (Å²) >= 11 is 3.63. The molecule has 18 heavy (non-hydrogen) atoms. The first-order valence-corrected chi connectivity index (χ1v) is 8.02. The average molecular weight is 310 g/mol. The standard InChI is InChI=1S/C16H24BrN/c1-16(2,3)14-8-6-13(7-9-14)12-18-10-4-5-15(18)11-17/h6-9,15H,4-5,10-12H2,1-3H3. The van der Waals surface area contributed by atoms with Crippen molar-refractivity contribution >= 4 is 15.9 Å². The molecule has 0 saturated carbocycles. The number of nitrogens with zero attached hydrogens (tertiary/aromatic N) is 1. The number of halogens is 1. The van der Waals surface area contributed by atoms with Crippen LogP contribution < -0.4 is 0 Å². The van der Waals surface area contributed by atoms with E-state index in [-0.39, 0.29) is 5.41 Å². The Labute approximate surface area is 120 Å². The molecule has 1 heterocycles. The monoisotopic (exact) mass is 309 g/mol. The zero-order chi connectivity index (χ0) is 13.2. The molecule has 1 aliphatic rings. The molecule has 2 rings (SSSR count). The number of alkyl halides is 1. The second kappa shape index (κ2) is 5.75. The fourth-order valence-corrected chi connectivity index (χ4v) is 3.36. The highest BCUT2D eigenvalue weighted by Crippen LogP contribution is 2.24. The first-order valence-electron chi connectivity index (χ1n) is 6.90. The van der Waals surface area contributed by atoms with Crippen LogP contribution in [0.25, 0.3) is 0 Å². The lowest BCUT2D eigenvalue weighted by atomic mass is 9.87. The number of rotatable bonds is 3. The predicted molar refractivity (Wildman–Crippen MR) is 82.4 cm³/mol. The van der Waals surface area contributed by atoms with Gasteiger partial charge in [0.15, 0.2) is 0 Å². The van der Waals surface area contributed by atoms with Gasteiger partial charge in [0.2, 0.25) is 0 Å². The van der Waals surface area contributed by atoms with E-state index in [4.69, 9.17) is 0 Å². The molecule has 1 fully saturated rings. The maximum absolute atomic E-state index is 3.63. The van der Waals surface area contributed by atoms with E-state index in [1.807, 2.05) is 0 Å². The first kappa shape index (κ1) is 14.1. The van der Waals surface area contributed by atoms with Gasteiger partial charge in [-0.3, -0.25) is 4.90 Å². The van der Waals surface area contributed by atoms with Crippen molar-refractivity contribution in [2.24, 2.45) is 0 Å². The lowest BCUT2D eigenvalue weighted by Crippen LogP contribution is -2.29. The Hall–Kier alpha value is -0.340. The minimum Gasteiger partial charge on any atom is -0.295 e. The number of benzene rings is 1. The third-order valence-corrected chi connectivity index (χ3v) is 4.63. The quantitative estimate of drug-likeness (QED) is 0.751. The molecule has 100 valence electrons. The van der Waals surface area contributed by atoms with Gasteiger partial charge in [0.05, 0.1) is 0 Å². The van der Waals surface area contributed by atoms with Gasteiger partial charge in [-0.25, -0.2) is 0 Å². The lowest BCUT2D eigenvalue weighted by molar-refractivity contribution is 0.265. The fourth-order valence-electron chi connectivity index (χ4n) is 2.62. The van der Waals surface area contributed by atoms with Gasteiger partial charge in [-0.2, -0.15) is 0 Å². The van der Waals surface area contributed by atoms with Crippen molar-refractivity contribution in [2.75, 3.05) is 11.9 Å². The molecular weight excluding hydrogens is 286 g/mol. The van der Waals surface area contributed by atoms with Gasteiger partial charge in [0.25, 0.3) is 0 Å². The van der Waals surface area contributed by atoms with E-state index in [2.05, 4.69) is 65.9 Å². The van der Waals surface area contributed by atoms with Crippen LogP contribution in [0.2, 0.25) is 0 Å². The maximum Gasteiger partial charge on any atom is 0.0237 e. The Morgan fingerprint density at radius 1 is 1.22 bits per heavy atom. The molecule has 0 aliphatic carbocycles. The zero-order valence-corrected chi connectivity index (χ0v) is 13.3. The number of likely N-dealkylation sites (tertiary alicyclic amines) is 1. The van der Waals surface area contributed by atoms with Crippen molar-refractivity contribution in [3.8, 4) is 0 Å². The van der Waals surface area contributed by atoms with Gasteiger partial charge in [-0.05, 0) is 35.9 Å². The molecule has 0 N–H and O–H groups in total. The molecular formula is C16H24BrN. The Bertz CT molecular complexity index is 377. The summed E-state index contributed by atoms with van der Waals surface area (Å²) in [5.74, 6) is 0. The summed E-state index contributed by atoms with van der Waals surface area (Å²) in [6, 6.07) is 9.89. The molecule has 2 heteroatoms. The van der Waals surface area contributed by atoms with E-state index >= 15 is 0 Å². The van der Waals surface area contributed by atoms with E-state index in [1.165, 1.54) is 30.5 Å². The van der Waals surface area contributed by atoms with Gasteiger partial charge < -0.3 is 0 Å². The zero-order valence-electron chi connectivity index (χ0n) is 11.7. The molecule has 0 aromatic heterocycles. The van der Waals surface area contributed by atoms with Crippen molar-refractivity contribution in [1.29, 1.82) is 0 Å². The van der Waals surface area contributed by atoms with Gasteiger partial charge in [-0.15, -0.1) is 0 Å². The van der Waals surface area contributed by atoms with E-state index in [0.717, 1.165) is 17.9 Å². The minimum atomic E-state index is 0.255. The van der Waals surface area contributed by atoms with Crippen LogP contribution in [0.15, 0.2) is 24.3 Å². The smallest absolute Gasteiger partial charge is 0.0237 e. The topological polar surface area (TPSA) is 3.24 Å². The summed E-state index contributed by atoms with van der Waals surface area (Å²) in [5, 5.41) is 1.10. The van der Waals surface area contributed by atoms with Crippen LogP contribution in [0.3, 0.4) is 0 Å². The van der Waals surface area contributed by atoms with Crippen molar-refractivity contribution in [3.05, 3.63) is 35.4 Å². The van der Waals surface area contributed by atoms with Gasteiger partial charge in [-0.1, -0.05) is 61.0 Å². The van der Waals surface area contributed by atoms with Crippen LogP contribution in [0.4, 0.5) is 0 Å². The van der Waals surface area contributed by atoms with Crippen molar-refractivity contribution < 1.29 is 0 Å². The highest BCUT2D eigenvalue weighted by Gasteiger charge is 2.23. The second-order valence-electron chi connectivity index (χ2n) is 6.37. The van der Waals surface area contributed by atoms with E-state index in [9.17, 15) is 0 Å². The Balaban J connectivity index is 2.02. The van der Waals surface area contributed by atoms with Gasteiger partial charge in [0.1, 0.15) is 0 Å². The van der Waals surface area contributed by atoms with Gasteiger partial charge >= 0.3 is 0 Å². The molecule has 1 aliphatic heterocycles.